The number of nitrogens with one attached hydrogen (secondary N) is 1. The van der Waals surface area contributed by atoms with E-state index in [4.69, 9.17) is 21.1 Å². The molecule has 0 aliphatic carbocycles. The Balaban J connectivity index is 1.85. The first-order valence-electron chi connectivity index (χ1n) is 9.11. The Labute approximate surface area is 169 Å². The number of benzene rings is 2. The Bertz CT molecular complexity index is 900. The topological polar surface area (TPSA) is 67.9 Å². The summed E-state index contributed by atoms with van der Waals surface area (Å²) in [5.41, 5.74) is 2.02. The molecule has 1 unspecified atom stereocenters. The zero-order valence-corrected chi connectivity index (χ0v) is 16.9. The van der Waals surface area contributed by atoms with Gasteiger partial charge in [-0.1, -0.05) is 43.1 Å². The maximum Gasteiger partial charge on any atom is 0.255 e. The van der Waals surface area contributed by atoms with Crippen LogP contribution in [-0.4, -0.2) is 37.0 Å². The van der Waals surface area contributed by atoms with E-state index in [-0.39, 0.29) is 11.8 Å². The number of hydrogen-bond donors (Lipinski definition) is 1. The summed E-state index contributed by atoms with van der Waals surface area (Å²) in [6.07, 6.45) is 1.32. The highest BCUT2D eigenvalue weighted by Gasteiger charge is 2.36. The van der Waals surface area contributed by atoms with Gasteiger partial charge in [-0.3, -0.25) is 9.59 Å². The number of nitrogens with zero attached hydrogens (tertiary/aromatic N) is 1. The summed E-state index contributed by atoms with van der Waals surface area (Å²) in [6, 6.07) is 10.1. The lowest BCUT2D eigenvalue weighted by atomic mass is 10.1. The molecule has 3 rings (SSSR count). The summed E-state index contributed by atoms with van der Waals surface area (Å²) >= 11 is 6.20. The number of ether oxygens (including phenoxy) is 2. The van der Waals surface area contributed by atoms with Gasteiger partial charge in [-0.05, 0) is 24.1 Å². The summed E-state index contributed by atoms with van der Waals surface area (Å²) in [5, 5.41) is 3.22. The van der Waals surface area contributed by atoms with Crippen molar-refractivity contribution in [3.05, 3.63) is 52.5 Å². The second-order valence-corrected chi connectivity index (χ2v) is 6.98. The van der Waals surface area contributed by atoms with E-state index in [1.807, 2.05) is 25.1 Å². The van der Waals surface area contributed by atoms with Gasteiger partial charge in [0, 0.05) is 18.2 Å². The predicted octanol–water partition coefficient (Wildman–Crippen LogP) is 4.12. The van der Waals surface area contributed by atoms with Crippen LogP contribution in [0.25, 0.3) is 0 Å². The van der Waals surface area contributed by atoms with Crippen LogP contribution >= 0.6 is 11.6 Å². The molecule has 1 aliphatic heterocycles. The van der Waals surface area contributed by atoms with Gasteiger partial charge in [0.05, 0.1) is 24.9 Å². The van der Waals surface area contributed by atoms with E-state index >= 15 is 0 Å². The number of fused-ring (bicyclic) bond motifs is 1. The fraction of sp³-hybridized carbons (Fsp3) is 0.333. The second kappa shape index (κ2) is 8.52. The lowest BCUT2D eigenvalue weighted by Gasteiger charge is -2.27. The van der Waals surface area contributed by atoms with Gasteiger partial charge < -0.3 is 19.7 Å². The van der Waals surface area contributed by atoms with Gasteiger partial charge in [0.15, 0.2) is 0 Å². The molecule has 2 aromatic rings. The standard InChI is InChI=1S/C21H23ClN2O4/c1-4-7-17(24-12-13-8-5-6-9-14(13)21(24)26)20(25)23-16-10-15(22)18(27-2)11-19(16)28-3/h5-6,8-11,17H,4,7,12H2,1-3H3,(H,23,25). The lowest BCUT2D eigenvalue weighted by Crippen LogP contribution is -2.44. The average Bonchev–Trinajstić information content (AvgIpc) is 3.03. The molecule has 0 saturated carbocycles. The highest BCUT2D eigenvalue weighted by molar-refractivity contribution is 6.32. The molecule has 7 heteroatoms. The van der Waals surface area contributed by atoms with Crippen molar-refractivity contribution in [2.24, 2.45) is 0 Å². The van der Waals surface area contributed by atoms with Crippen LogP contribution in [-0.2, 0) is 11.3 Å². The fourth-order valence-electron chi connectivity index (χ4n) is 3.40. The number of anilines is 1. The summed E-state index contributed by atoms with van der Waals surface area (Å²) in [5.74, 6) is 0.485. The molecule has 148 valence electrons. The Morgan fingerprint density at radius 2 is 1.93 bits per heavy atom. The molecule has 0 spiro atoms. The summed E-state index contributed by atoms with van der Waals surface area (Å²) < 4.78 is 10.5. The number of hydrogen-bond acceptors (Lipinski definition) is 4. The minimum absolute atomic E-state index is 0.121. The van der Waals surface area contributed by atoms with Crippen molar-refractivity contribution in [3.63, 3.8) is 0 Å². The molecule has 0 bridgehead atoms. The number of carbonyl (C=O) groups excluding carboxylic acids is 2. The van der Waals surface area contributed by atoms with Crippen LogP contribution in [0.4, 0.5) is 5.69 Å². The Kier molecular flexibility index (Phi) is 6.09. The fourth-order valence-corrected chi connectivity index (χ4v) is 3.65. The third-order valence-corrected chi connectivity index (χ3v) is 5.12. The summed E-state index contributed by atoms with van der Waals surface area (Å²) in [7, 11) is 3.01. The molecule has 2 aromatic carbocycles. The van der Waals surface area contributed by atoms with Crippen LogP contribution < -0.4 is 14.8 Å². The largest absolute Gasteiger partial charge is 0.495 e. The number of carbonyl (C=O) groups is 2. The first-order valence-corrected chi connectivity index (χ1v) is 9.49. The molecule has 1 heterocycles. The quantitative estimate of drug-likeness (QED) is 0.756. The third kappa shape index (κ3) is 3.78. The van der Waals surface area contributed by atoms with Crippen molar-refractivity contribution in [1.82, 2.24) is 4.90 Å². The van der Waals surface area contributed by atoms with Crippen LogP contribution in [0.15, 0.2) is 36.4 Å². The smallest absolute Gasteiger partial charge is 0.255 e. The van der Waals surface area contributed by atoms with Gasteiger partial charge in [0.1, 0.15) is 17.5 Å². The van der Waals surface area contributed by atoms with Crippen molar-refractivity contribution < 1.29 is 19.1 Å². The van der Waals surface area contributed by atoms with Crippen LogP contribution in [0.3, 0.4) is 0 Å². The zero-order chi connectivity index (χ0) is 20.3. The van der Waals surface area contributed by atoms with Crippen molar-refractivity contribution in [2.45, 2.75) is 32.4 Å². The first-order chi connectivity index (χ1) is 13.5. The Morgan fingerprint density at radius 3 is 2.57 bits per heavy atom. The number of amides is 2. The van der Waals surface area contributed by atoms with E-state index in [1.54, 1.807) is 23.1 Å². The van der Waals surface area contributed by atoms with Gasteiger partial charge in [0.2, 0.25) is 5.91 Å². The first kappa shape index (κ1) is 20.0. The van der Waals surface area contributed by atoms with Crippen molar-refractivity contribution in [2.75, 3.05) is 19.5 Å². The van der Waals surface area contributed by atoms with Gasteiger partial charge in [-0.25, -0.2) is 0 Å². The zero-order valence-electron chi connectivity index (χ0n) is 16.1. The Hall–Kier alpha value is -2.73. The molecule has 1 N–H and O–H groups in total. The van der Waals surface area contributed by atoms with Crippen LogP contribution in [0, 0.1) is 0 Å². The lowest BCUT2D eigenvalue weighted by molar-refractivity contribution is -0.120. The third-order valence-electron chi connectivity index (χ3n) is 4.82. The van der Waals surface area contributed by atoms with Crippen molar-refractivity contribution in [3.8, 4) is 11.5 Å². The van der Waals surface area contributed by atoms with Gasteiger partial charge in [0.25, 0.3) is 5.91 Å². The highest BCUT2D eigenvalue weighted by atomic mass is 35.5. The van der Waals surface area contributed by atoms with E-state index in [9.17, 15) is 9.59 Å². The van der Waals surface area contributed by atoms with Crippen LogP contribution in [0.1, 0.15) is 35.7 Å². The molecule has 1 aliphatic rings. The Morgan fingerprint density at radius 1 is 1.21 bits per heavy atom. The minimum Gasteiger partial charge on any atom is -0.495 e. The van der Waals surface area contributed by atoms with Crippen molar-refractivity contribution >= 4 is 29.1 Å². The second-order valence-electron chi connectivity index (χ2n) is 6.57. The molecule has 6 nitrogen and oxygen atoms in total. The van der Waals surface area contributed by atoms with Gasteiger partial charge in [-0.15, -0.1) is 0 Å². The van der Waals surface area contributed by atoms with Gasteiger partial charge >= 0.3 is 0 Å². The molecule has 0 radical (unpaired) electrons. The molecule has 2 amide bonds. The monoisotopic (exact) mass is 402 g/mol. The van der Waals surface area contributed by atoms with E-state index < -0.39 is 6.04 Å². The van der Waals surface area contributed by atoms with Crippen LogP contribution in [0.2, 0.25) is 5.02 Å². The average molecular weight is 403 g/mol. The maximum atomic E-state index is 13.1. The maximum absolute atomic E-state index is 13.1. The van der Waals surface area contributed by atoms with E-state index in [2.05, 4.69) is 5.32 Å². The number of halogens is 1. The molecule has 0 saturated heterocycles. The number of methoxy groups -OCH3 is 2. The van der Waals surface area contributed by atoms with Gasteiger partial charge in [-0.2, -0.15) is 0 Å². The molecule has 1 atom stereocenters. The normalized spacial score (nSPS) is 13.9. The molecule has 28 heavy (non-hydrogen) atoms. The van der Waals surface area contributed by atoms with Crippen LogP contribution in [0.5, 0.6) is 11.5 Å². The molecule has 0 aromatic heterocycles. The molecular weight excluding hydrogens is 380 g/mol. The summed E-state index contributed by atoms with van der Waals surface area (Å²) in [6.45, 7) is 2.41. The molecular formula is C21H23ClN2O4. The number of rotatable bonds is 7. The molecule has 0 fully saturated rings. The van der Waals surface area contributed by atoms with E-state index in [0.717, 1.165) is 12.0 Å². The summed E-state index contributed by atoms with van der Waals surface area (Å²) in [4.78, 5) is 27.5. The van der Waals surface area contributed by atoms with Crippen molar-refractivity contribution in [1.29, 1.82) is 0 Å². The van der Waals surface area contributed by atoms with E-state index in [0.29, 0.717) is 40.7 Å². The SMILES string of the molecule is CCCC(C(=O)Nc1cc(Cl)c(OC)cc1OC)N1Cc2ccccc2C1=O. The predicted molar refractivity (Wildman–Crippen MR) is 108 cm³/mol. The minimum atomic E-state index is -0.588. The highest BCUT2D eigenvalue weighted by Crippen LogP contribution is 2.36. The van der Waals surface area contributed by atoms with E-state index in [1.165, 1.54) is 14.2 Å².